The highest BCUT2D eigenvalue weighted by Crippen LogP contribution is 2.29. The summed E-state index contributed by atoms with van der Waals surface area (Å²) in [5.41, 5.74) is 1.80. The molecule has 4 nitrogen and oxygen atoms in total. The minimum absolute atomic E-state index is 0.0214. The molecule has 0 aliphatic heterocycles. The van der Waals surface area contributed by atoms with E-state index >= 15 is 0 Å². The molecule has 0 aliphatic carbocycles. The van der Waals surface area contributed by atoms with Crippen LogP contribution in [-0.4, -0.2) is 23.8 Å². The Morgan fingerprint density at radius 2 is 2.12 bits per heavy atom. The van der Waals surface area contributed by atoms with Gasteiger partial charge in [0, 0.05) is 23.9 Å². The Bertz CT molecular complexity index is 800. The number of amides is 1. The molecule has 24 heavy (non-hydrogen) atoms. The zero-order valence-corrected chi connectivity index (χ0v) is 15.0. The molecule has 0 bridgehead atoms. The van der Waals surface area contributed by atoms with Crippen LogP contribution in [0.4, 0.5) is 5.69 Å². The summed E-state index contributed by atoms with van der Waals surface area (Å²) in [7, 11) is 1.61. The van der Waals surface area contributed by atoms with Gasteiger partial charge < -0.3 is 10.1 Å². The number of nitrogens with one attached hydrogen (secondary N) is 1. The number of aromatic nitrogens is 1. The normalized spacial score (nSPS) is 10.7. The Balaban J connectivity index is 1.43. The van der Waals surface area contributed by atoms with Crippen molar-refractivity contribution in [1.82, 2.24) is 4.98 Å². The number of hydrogen-bond acceptors (Lipinski definition) is 5. The van der Waals surface area contributed by atoms with Crippen LogP contribution >= 0.6 is 23.1 Å². The first-order valence-corrected chi connectivity index (χ1v) is 9.47. The number of rotatable bonds is 7. The van der Waals surface area contributed by atoms with Crippen LogP contribution in [0, 0.1) is 0 Å². The fourth-order valence-electron chi connectivity index (χ4n) is 2.23. The average molecular weight is 358 g/mol. The SMILES string of the molecule is COc1cccc(NC(=O)CCCSc2nc3ccccc3s2)c1. The van der Waals surface area contributed by atoms with Gasteiger partial charge in [0.2, 0.25) is 5.91 Å². The molecule has 1 heterocycles. The smallest absolute Gasteiger partial charge is 0.224 e. The van der Waals surface area contributed by atoms with Crippen LogP contribution in [0.15, 0.2) is 52.9 Å². The number of ether oxygens (including phenoxy) is 1. The fraction of sp³-hybridized carbons (Fsp3) is 0.222. The number of methoxy groups -OCH3 is 1. The maximum atomic E-state index is 12.0. The van der Waals surface area contributed by atoms with E-state index in [0.29, 0.717) is 6.42 Å². The number of thioether (sulfide) groups is 1. The van der Waals surface area contributed by atoms with Crippen molar-refractivity contribution in [2.45, 2.75) is 17.2 Å². The van der Waals surface area contributed by atoms with Gasteiger partial charge in [-0.05, 0) is 30.7 Å². The number of carbonyl (C=O) groups excluding carboxylic acids is 1. The summed E-state index contributed by atoms with van der Waals surface area (Å²) in [5, 5.41) is 2.90. The van der Waals surface area contributed by atoms with Gasteiger partial charge in [0.15, 0.2) is 4.34 Å². The largest absolute Gasteiger partial charge is 0.497 e. The van der Waals surface area contributed by atoms with Crippen molar-refractivity contribution in [2.24, 2.45) is 0 Å². The fourth-order valence-corrected chi connectivity index (χ4v) is 4.31. The van der Waals surface area contributed by atoms with E-state index in [-0.39, 0.29) is 5.91 Å². The molecular formula is C18H18N2O2S2. The Hall–Kier alpha value is -2.05. The standard InChI is InChI=1S/C18H18N2O2S2/c1-22-14-7-4-6-13(12-14)19-17(21)10-5-11-23-18-20-15-8-2-3-9-16(15)24-18/h2-4,6-9,12H,5,10-11H2,1H3,(H,19,21). The number of carbonyl (C=O) groups is 1. The van der Waals surface area contributed by atoms with E-state index in [2.05, 4.69) is 16.4 Å². The Kier molecular flexibility index (Phi) is 5.72. The molecule has 0 atom stereocenters. The number of para-hydroxylation sites is 1. The van der Waals surface area contributed by atoms with E-state index in [9.17, 15) is 4.79 Å². The van der Waals surface area contributed by atoms with Gasteiger partial charge in [0.1, 0.15) is 5.75 Å². The molecule has 0 spiro atoms. The minimum atomic E-state index is 0.0214. The molecular weight excluding hydrogens is 340 g/mol. The zero-order chi connectivity index (χ0) is 16.8. The molecule has 124 valence electrons. The maximum absolute atomic E-state index is 12.0. The van der Waals surface area contributed by atoms with Crippen LogP contribution in [0.25, 0.3) is 10.2 Å². The van der Waals surface area contributed by atoms with Crippen LogP contribution in [0.1, 0.15) is 12.8 Å². The highest BCUT2D eigenvalue weighted by atomic mass is 32.2. The number of nitrogens with zero attached hydrogens (tertiary/aromatic N) is 1. The molecule has 0 aliphatic rings. The van der Waals surface area contributed by atoms with Gasteiger partial charge in [-0.2, -0.15) is 0 Å². The molecule has 1 N–H and O–H groups in total. The van der Waals surface area contributed by atoms with E-state index < -0.39 is 0 Å². The second-order valence-electron chi connectivity index (χ2n) is 5.18. The lowest BCUT2D eigenvalue weighted by Crippen LogP contribution is -2.11. The lowest BCUT2D eigenvalue weighted by atomic mass is 10.2. The number of fused-ring (bicyclic) bond motifs is 1. The predicted molar refractivity (Wildman–Crippen MR) is 101 cm³/mol. The van der Waals surface area contributed by atoms with Crippen LogP contribution < -0.4 is 10.1 Å². The highest BCUT2D eigenvalue weighted by molar-refractivity contribution is 8.01. The lowest BCUT2D eigenvalue weighted by Gasteiger charge is -2.06. The second kappa shape index (κ2) is 8.17. The predicted octanol–water partition coefficient (Wildman–Crippen LogP) is 4.82. The van der Waals surface area contributed by atoms with Crippen LogP contribution in [0.5, 0.6) is 5.75 Å². The Labute approximate surface area is 149 Å². The van der Waals surface area contributed by atoms with E-state index in [1.54, 1.807) is 30.2 Å². The first-order chi connectivity index (χ1) is 11.7. The summed E-state index contributed by atoms with van der Waals surface area (Å²) in [6, 6.07) is 15.5. The lowest BCUT2D eigenvalue weighted by molar-refractivity contribution is -0.116. The van der Waals surface area contributed by atoms with Gasteiger partial charge in [-0.1, -0.05) is 30.0 Å². The van der Waals surface area contributed by atoms with E-state index in [1.807, 2.05) is 42.5 Å². The van der Waals surface area contributed by atoms with Gasteiger partial charge in [0.05, 0.1) is 17.3 Å². The van der Waals surface area contributed by atoms with E-state index in [4.69, 9.17) is 4.74 Å². The third-order valence-electron chi connectivity index (χ3n) is 3.40. The zero-order valence-electron chi connectivity index (χ0n) is 13.3. The topological polar surface area (TPSA) is 51.2 Å². The second-order valence-corrected chi connectivity index (χ2v) is 7.55. The summed E-state index contributed by atoms with van der Waals surface area (Å²) in [4.78, 5) is 16.6. The molecule has 0 unspecified atom stereocenters. The van der Waals surface area contributed by atoms with Crippen molar-refractivity contribution in [3.05, 3.63) is 48.5 Å². The summed E-state index contributed by atoms with van der Waals surface area (Å²) in [6.45, 7) is 0. The van der Waals surface area contributed by atoms with E-state index in [1.165, 1.54) is 4.70 Å². The van der Waals surface area contributed by atoms with Crippen molar-refractivity contribution in [3.63, 3.8) is 0 Å². The van der Waals surface area contributed by atoms with Crippen molar-refractivity contribution in [1.29, 1.82) is 0 Å². The molecule has 3 aromatic rings. The molecule has 0 saturated carbocycles. The third-order valence-corrected chi connectivity index (χ3v) is 5.67. The van der Waals surface area contributed by atoms with Crippen LogP contribution in [0.2, 0.25) is 0 Å². The summed E-state index contributed by atoms with van der Waals surface area (Å²) >= 11 is 3.41. The summed E-state index contributed by atoms with van der Waals surface area (Å²) < 4.78 is 7.41. The molecule has 1 amide bonds. The van der Waals surface area contributed by atoms with Gasteiger partial charge in [-0.3, -0.25) is 4.79 Å². The van der Waals surface area contributed by atoms with Gasteiger partial charge in [0.25, 0.3) is 0 Å². The van der Waals surface area contributed by atoms with Crippen molar-refractivity contribution in [3.8, 4) is 5.75 Å². The first kappa shape index (κ1) is 16.8. The van der Waals surface area contributed by atoms with Crippen LogP contribution in [0.3, 0.4) is 0 Å². The quantitative estimate of drug-likeness (QED) is 0.486. The first-order valence-electron chi connectivity index (χ1n) is 7.67. The number of benzene rings is 2. The van der Waals surface area contributed by atoms with Gasteiger partial charge >= 0.3 is 0 Å². The number of hydrogen-bond donors (Lipinski definition) is 1. The average Bonchev–Trinajstić information content (AvgIpc) is 3.01. The van der Waals surface area contributed by atoms with Crippen molar-refractivity contribution >= 4 is 44.9 Å². The Morgan fingerprint density at radius 1 is 1.25 bits per heavy atom. The summed E-state index contributed by atoms with van der Waals surface area (Å²) in [6.07, 6.45) is 1.31. The highest BCUT2D eigenvalue weighted by Gasteiger charge is 2.06. The van der Waals surface area contributed by atoms with E-state index in [0.717, 1.165) is 33.5 Å². The van der Waals surface area contributed by atoms with Gasteiger partial charge in [-0.25, -0.2) is 4.98 Å². The summed E-state index contributed by atoms with van der Waals surface area (Å²) in [5.74, 6) is 1.64. The molecule has 1 aromatic heterocycles. The Morgan fingerprint density at radius 3 is 2.96 bits per heavy atom. The van der Waals surface area contributed by atoms with Gasteiger partial charge in [-0.15, -0.1) is 11.3 Å². The molecule has 0 fully saturated rings. The monoisotopic (exact) mass is 358 g/mol. The van der Waals surface area contributed by atoms with Crippen molar-refractivity contribution < 1.29 is 9.53 Å². The number of anilines is 1. The van der Waals surface area contributed by atoms with Crippen molar-refractivity contribution in [2.75, 3.05) is 18.2 Å². The molecule has 3 rings (SSSR count). The maximum Gasteiger partial charge on any atom is 0.224 e. The number of thiazole rings is 1. The third kappa shape index (κ3) is 4.49. The minimum Gasteiger partial charge on any atom is -0.497 e. The molecule has 0 saturated heterocycles. The molecule has 2 aromatic carbocycles. The van der Waals surface area contributed by atoms with Crippen LogP contribution in [-0.2, 0) is 4.79 Å². The molecule has 0 radical (unpaired) electrons. The molecule has 6 heteroatoms.